The van der Waals surface area contributed by atoms with Crippen LogP contribution in [-0.2, 0) is 23.9 Å². The second-order valence-electron chi connectivity index (χ2n) is 9.45. The van der Waals surface area contributed by atoms with Crippen molar-refractivity contribution in [3.8, 4) is 0 Å². The van der Waals surface area contributed by atoms with Crippen LogP contribution in [0.1, 0.15) is 46.5 Å². The maximum absolute atomic E-state index is 13.9. The summed E-state index contributed by atoms with van der Waals surface area (Å²) >= 11 is 0. The Hall–Kier alpha value is -3.50. The molecule has 0 aromatic rings. The lowest BCUT2D eigenvalue weighted by Gasteiger charge is -2.23. The number of hydrogen-bond donors (Lipinski definition) is 2. The summed E-state index contributed by atoms with van der Waals surface area (Å²) in [5, 5.41) is 2.34. The average molecular weight is 524 g/mol. The minimum Gasteiger partial charge on any atom is -0.469 e. The molecule has 0 aromatic heterocycles. The number of nitrogens with two attached hydrogens (primary N) is 1. The van der Waals surface area contributed by atoms with Crippen molar-refractivity contribution < 1.29 is 37.4 Å². The molecule has 204 valence electrons. The molecular formula is C26H35F2N3O6. The fourth-order valence-electron chi connectivity index (χ4n) is 4.13. The number of ketones is 1. The third-order valence-electron chi connectivity index (χ3n) is 6.62. The van der Waals surface area contributed by atoms with Gasteiger partial charge < -0.3 is 25.4 Å². The van der Waals surface area contributed by atoms with E-state index in [-0.39, 0.29) is 35.2 Å². The Kier molecular flexibility index (Phi) is 9.77. The lowest BCUT2D eigenvalue weighted by molar-refractivity contribution is -0.145. The van der Waals surface area contributed by atoms with Crippen molar-refractivity contribution in [2.24, 2.45) is 17.6 Å². The molecule has 9 nitrogen and oxygen atoms in total. The number of alkyl halides is 2. The normalized spacial score (nSPS) is 22.0. The summed E-state index contributed by atoms with van der Waals surface area (Å²) in [5.74, 6) is -9.94. The lowest BCUT2D eigenvalue weighted by atomic mass is 10.0. The predicted octanol–water partition coefficient (Wildman–Crippen LogP) is 3.38. The smallest absolute Gasteiger partial charge is 0.410 e. The van der Waals surface area contributed by atoms with Crippen LogP contribution in [0.2, 0.25) is 0 Å². The summed E-state index contributed by atoms with van der Waals surface area (Å²) in [6, 6.07) is 0.107. The topological polar surface area (TPSA) is 128 Å². The van der Waals surface area contributed by atoms with E-state index in [1.165, 1.54) is 37.8 Å². The van der Waals surface area contributed by atoms with Gasteiger partial charge in [0.15, 0.2) is 5.78 Å². The van der Waals surface area contributed by atoms with E-state index in [0.717, 1.165) is 32.8 Å². The molecule has 2 fully saturated rings. The van der Waals surface area contributed by atoms with Crippen LogP contribution in [0.15, 0.2) is 46.8 Å². The molecule has 0 heterocycles. The first-order valence-corrected chi connectivity index (χ1v) is 11.9. The molecule has 11 heteroatoms. The van der Waals surface area contributed by atoms with E-state index in [9.17, 15) is 28.0 Å². The summed E-state index contributed by atoms with van der Waals surface area (Å²) in [5.41, 5.74) is 6.75. The van der Waals surface area contributed by atoms with Gasteiger partial charge in [0, 0.05) is 24.5 Å². The van der Waals surface area contributed by atoms with Gasteiger partial charge >= 0.3 is 12.1 Å². The zero-order valence-electron chi connectivity index (χ0n) is 21.9. The van der Waals surface area contributed by atoms with Crippen molar-refractivity contribution >= 4 is 23.8 Å². The molecule has 2 unspecified atom stereocenters. The van der Waals surface area contributed by atoms with Gasteiger partial charge in [-0.15, -0.1) is 0 Å². The van der Waals surface area contributed by atoms with Crippen LogP contribution in [-0.4, -0.2) is 61.4 Å². The first kappa shape index (κ1) is 29.7. The molecule has 2 saturated carbocycles. The van der Waals surface area contributed by atoms with Crippen LogP contribution >= 0.6 is 0 Å². The Morgan fingerprint density at radius 2 is 1.70 bits per heavy atom. The van der Waals surface area contributed by atoms with Crippen LogP contribution in [0.3, 0.4) is 0 Å². The largest absolute Gasteiger partial charge is 0.469 e. The van der Waals surface area contributed by atoms with Gasteiger partial charge in [0.2, 0.25) is 5.91 Å². The quantitative estimate of drug-likeness (QED) is 0.255. The van der Waals surface area contributed by atoms with Gasteiger partial charge in [-0.05, 0) is 50.8 Å². The molecule has 0 aliphatic heterocycles. The molecule has 3 N–H and O–H groups in total. The molecule has 2 rings (SSSR count). The van der Waals surface area contributed by atoms with E-state index < -0.39 is 41.5 Å². The molecule has 0 saturated heterocycles. The van der Waals surface area contributed by atoms with Crippen molar-refractivity contribution in [1.82, 2.24) is 10.2 Å². The second kappa shape index (κ2) is 12.2. The number of hydrogen-bond acceptors (Lipinski definition) is 7. The monoisotopic (exact) mass is 523 g/mol. The van der Waals surface area contributed by atoms with Crippen LogP contribution < -0.4 is 11.1 Å². The molecule has 0 spiro atoms. The number of methoxy groups -OCH3 is 1. The lowest BCUT2D eigenvalue weighted by Crippen LogP contribution is -2.36. The number of nitrogens with one attached hydrogen (secondary N) is 1. The van der Waals surface area contributed by atoms with E-state index in [0.29, 0.717) is 5.57 Å². The Balaban J connectivity index is 2.09. The predicted molar refractivity (Wildman–Crippen MR) is 132 cm³/mol. The minimum atomic E-state index is -3.51. The highest BCUT2D eigenvalue weighted by Gasteiger charge is 2.76. The summed E-state index contributed by atoms with van der Waals surface area (Å²) in [7, 11) is 2.63. The minimum absolute atomic E-state index is 0.0862. The average Bonchev–Trinajstić information content (AvgIpc) is 3.15. The van der Waals surface area contributed by atoms with Crippen molar-refractivity contribution in [2.45, 2.75) is 58.4 Å². The Morgan fingerprint density at radius 3 is 2.22 bits per heavy atom. The third kappa shape index (κ3) is 7.05. The SMILES string of the molecule is C=C(C)/C(=C\C=C(/C)C(=O)/C(COC(=O)N(C)C1CCCC1)=C(/C)N)NC(=O)C1C(C(=O)OC)C1(F)F. The van der Waals surface area contributed by atoms with Gasteiger partial charge in [-0.25, -0.2) is 13.6 Å². The number of carbonyl (C=O) groups is 4. The van der Waals surface area contributed by atoms with Gasteiger partial charge in [-0.3, -0.25) is 14.4 Å². The number of Topliss-reactive ketones (excluding diaryl/α,β-unsaturated/α-hetero) is 1. The maximum atomic E-state index is 13.9. The van der Waals surface area contributed by atoms with Gasteiger partial charge in [0.1, 0.15) is 18.4 Å². The van der Waals surface area contributed by atoms with Crippen LogP contribution in [0.25, 0.3) is 0 Å². The Labute approximate surface area is 215 Å². The highest BCUT2D eigenvalue weighted by Crippen LogP contribution is 2.56. The molecule has 0 radical (unpaired) electrons. The Morgan fingerprint density at radius 1 is 1.11 bits per heavy atom. The van der Waals surface area contributed by atoms with E-state index in [1.807, 2.05) is 0 Å². The van der Waals surface area contributed by atoms with E-state index in [1.54, 1.807) is 7.05 Å². The van der Waals surface area contributed by atoms with Gasteiger partial charge in [-0.2, -0.15) is 0 Å². The zero-order chi connectivity index (χ0) is 28.1. The van der Waals surface area contributed by atoms with Crippen molar-refractivity contribution in [2.75, 3.05) is 20.8 Å². The molecule has 2 aliphatic rings. The highest BCUT2D eigenvalue weighted by molar-refractivity contribution is 6.08. The fraction of sp³-hybridized carbons (Fsp3) is 0.538. The molecule has 0 bridgehead atoms. The number of ether oxygens (including phenoxy) is 2. The van der Waals surface area contributed by atoms with Crippen LogP contribution in [0.5, 0.6) is 0 Å². The molecular weight excluding hydrogens is 488 g/mol. The number of rotatable bonds is 10. The van der Waals surface area contributed by atoms with Crippen LogP contribution in [0.4, 0.5) is 13.6 Å². The van der Waals surface area contributed by atoms with Gasteiger partial charge in [0.25, 0.3) is 5.92 Å². The molecule has 2 aliphatic carbocycles. The molecule has 2 amide bonds. The first-order chi connectivity index (χ1) is 17.2. The number of amides is 2. The third-order valence-corrected chi connectivity index (χ3v) is 6.62. The first-order valence-electron chi connectivity index (χ1n) is 11.9. The van der Waals surface area contributed by atoms with Crippen molar-refractivity contribution in [1.29, 1.82) is 0 Å². The fourth-order valence-corrected chi connectivity index (χ4v) is 4.13. The number of halogens is 2. The van der Waals surface area contributed by atoms with Crippen molar-refractivity contribution in [3.05, 3.63) is 46.8 Å². The van der Waals surface area contributed by atoms with Gasteiger partial charge in [0.05, 0.1) is 12.7 Å². The number of esters is 1. The van der Waals surface area contributed by atoms with E-state index in [4.69, 9.17) is 10.5 Å². The second-order valence-corrected chi connectivity index (χ2v) is 9.45. The summed E-state index contributed by atoms with van der Waals surface area (Å²) < 4.78 is 37.5. The molecule has 2 atom stereocenters. The van der Waals surface area contributed by atoms with Crippen molar-refractivity contribution in [3.63, 3.8) is 0 Å². The van der Waals surface area contributed by atoms with Gasteiger partial charge in [-0.1, -0.05) is 25.5 Å². The van der Waals surface area contributed by atoms with Crippen LogP contribution in [0, 0.1) is 11.8 Å². The summed E-state index contributed by atoms with van der Waals surface area (Å²) in [6.07, 6.45) is 6.06. The van der Waals surface area contributed by atoms with E-state index >= 15 is 0 Å². The summed E-state index contributed by atoms with van der Waals surface area (Å²) in [6.45, 7) is 7.94. The molecule has 0 aromatic carbocycles. The van der Waals surface area contributed by atoms with E-state index in [2.05, 4.69) is 16.6 Å². The number of carbonyl (C=O) groups excluding carboxylic acids is 4. The maximum Gasteiger partial charge on any atom is 0.410 e. The number of nitrogens with zero attached hydrogens (tertiary/aromatic N) is 1. The zero-order valence-corrected chi connectivity index (χ0v) is 21.9. The summed E-state index contributed by atoms with van der Waals surface area (Å²) in [4.78, 5) is 50.8. The Bertz CT molecular complexity index is 1050. The molecule has 37 heavy (non-hydrogen) atoms. The number of allylic oxidation sites excluding steroid dienone is 5. The standard InChI is InChI=1S/C26H35F2N3O6/c1-14(2)19(30-23(33)20-21(24(34)36-6)26(20,27)28)12-11-15(3)22(32)18(16(4)29)13-37-25(35)31(5)17-9-7-8-10-17/h11-12,17,20-21H,1,7-10,13,29H2,2-6H3,(H,30,33)/b15-11+,18-16-,19-12+. The highest BCUT2D eigenvalue weighted by atomic mass is 19.3.